The normalized spacial score (nSPS) is 10.1. The van der Waals surface area contributed by atoms with Gasteiger partial charge in [-0.05, 0) is 19.9 Å². The number of aromatic nitrogens is 1. The predicted molar refractivity (Wildman–Crippen MR) is 51.3 cm³/mol. The van der Waals surface area contributed by atoms with E-state index >= 15 is 0 Å². The Bertz CT molecular complexity index is 309. The van der Waals surface area contributed by atoms with Gasteiger partial charge in [-0.25, -0.2) is 0 Å². The van der Waals surface area contributed by atoms with E-state index in [1.807, 2.05) is 13.8 Å². The molecule has 1 aromatic rings. The largest absolute Gasteiger partial charge is 0.398 e. The van der Waals surface area contributed by atoms with E-state index in [0.717, 1.165) is 0 Å². The summed E-state index contributed by atoms with van der Waals surface area (Å²) in [6.07, 6.45) is 3.02. The molecule has 0 bridgehead atoms. The van der Waals surface area contributed by atoms with Crippen molar-refractivity contribution >= 4 is 11.6 Å². The zero-order valence-electron chi connectivity index (χ0n) is 7.74. The molecule has 4 nitrogen and oxygen atoms in total. The topological polar surface area (TPSA) is 68.0 Å². The molecular formula is C9H13N3O. The predicted octanol–water partition coefficient (Wildman–Crippen LogP) is 0.802. The van der Waals surface area contributed by atoms with Crippen LogP contribution in [0.3, 0.4) is 0 Å². The average Bonchev–Trinajstić information content (AvgIpc) is 2.03. The highest BCUT2D eigenvalue weighted by molar-refractivity contribution is 5.98. The highest BCUT2D eigenvalue weighted by Crippen LogP contribution is 2.07. The van der Waals surface area contributed by atoms with Gasteiger partial charge in [0.05, 0.1) is 5.56 Å². The summed E-state index contributed by atoms with van der Waals surface area (Å²) >= 11 is 0. The highest BCUT2D eigenvalue weighted by atomic mass is 16.1. The number of nitrogens with two attached hydrogens (primary N) is 1. The summed E-state index contributed by atoms with van der Waals surface area (Å²) in [7, 11) is 0. The Morgan fingerprint density at radius 2 is 2.31 bits per heavy atom. The number of carbonyl (C=O) groups excluding carboxylic acids is 1. The molecule has 0 unspecified atom stereocenters. The van der Waals surface area contributed by atoms with Crippen molar-refractivity contribution in [2.75, 3.05) is 5.73 Å². The van der Waals surface area contributed by atoms with Crippen LogP contribution in [0.2, 0.25) is 0 Å². The fraction of sp³-hybridized carbons (Fsp3) is 0.333. The Balaban J connectivity index is 2.83. The molecule has 3 N–H and O–H groups in total. The lowest BCUT2D eigenvalue weighted by Gasteiger charge is -2.08. The minimum absolute atomic E-state index is 0.104. The maximum Gasteiger partial charge on any atom is 0.255 e. The molecule has 13 heavy (non-hydrogen) atoms. The van der Waals surface area contributed by atoms with E-state index in [0.29, 0.717) is 11.3 Å². The number of hydrogen-bond donors (Lipinski definition) is 2. The van der Waals surface area contributed by atoms with Crippen molar-refractivity contribution in [2.24, 2.45) is 0 Å². The molecule has 0 aliphatic rings. The van der Waals surface area contributed by atoms with Crippen LogP contribution in [0.15, 0.2) is 18.5 Å². The monoisotopic (exact) mass is 179 g/mol. The first-order valence-electron chi connectivity index (χ1n) is 4.11. The molecule has 1 amide bonds. The van der Waals surface area contributed by atoms with Crippen LogP contribution in [0.5, 0.6) is 0 Å². The Kier molecular flexibility index (Phi) is 2.84. The van der Waals surface area contributed by atoms with E-state index in [-0.39, 0.29) is 11.9 Å². The summed E-state index contributed by atoms with van der Waals surface area (Å²) in [5.74, 6) is -0.180. The number of nitrogen functional groups attached to an aromatic ring is 1. The molecule has 1 aromatic heterocycles. The zero-order chi connectivity index (χ0) is 9.84. The molecule has 0 aromatic carbocycles. The van der Waals surface area contributed by atoms with Crippen molar-refractivity contribution in [3.8, 4) is 0 Å². The Morgan fingerprint density at radius 1 is 1.62 bits per heavy atom. The van der Waals surface area contributed by atoms with E-state index < -0.39 is 0 Å². The molecule has 0 radical (unpaired) electrons. The quantitative estimate of drug-likeness (QED) is 0.705. The third kappa shape index (κ3) is 2.43. The maximum atomic E-state index is 11.4. The number of rotatable bonds is 2. The minimum atomic E-state index is -0.180. The summed E-state index contributed by atoms with van der Waals surface area (Å²) in [6, 6.07) is 1.71. The van der Waals surface area contributed by atoms with E-state index in [1.165, 1.54) is 6.20 Å². The van der Waals surface area contributed by atoms with Crippen molar-refractivity contribution in [3.05, 3.63) is 24.0 Å². The minimum Gasteiger partial charge on any atom is -0.398 e. The zero-order valence-corrected chi connectivity index (χ0v) is 7.74. The maximum absolute atomic E-state index is 11.4. The van der Waals surface area contributed by atoms with Crippen LogP contribution in [0, 0.1) is 0 Å². The second-order valence-electron chi connectivity index (χ2n) is 3.09. The van der Waals surface area contributed by atoms with Crippen LogP contribution >= 0.6 is 0 Å². The third-order valence-electron chi connectivity index (χ3n) is 1.52. The first-order valence-corrected chi connectivity index (χ1v) is 4.11. The summed E-state index contributed by atoms with van der Waals surface area (Å²) in [5, 5.41) is 2.74. The number of amides is 1. The Morgan fingerprint density at radius 3 is 2.85 bits per heavy atom. The number of pyridine rings is 1. The van der Waals surface area contributed by atoms with Gasteiger partial charge in [-0.15, -0.1) is 0 Å². The van der Waals surface area contributed by atoms with Gasteiger partial charge in [-0.3, -0.25) is 9.78 Å². The lowest BCUT2D eigenvalue weighted by atomic mass is 10.2. The molecule has 0 aliphatic heterocycles. The molecule has 0 saturated carbocycles. The number of nitrogens with zero attached hydrogens (tertiary/aromatic N) is 1. The summed E-state index contributed by atoms with van der Waals surface area (Å²) in [5.41, 5.74) is 6.48. The van der Waals surface area contributed by atoms with Gasteiger partial charge < -0.3 is 11.1 Å². The second-order valence-corrected chi connectivity index (χ2v) is 3.09. The third-order valence-corrected chi connectivity index (χ3v) is 1.52. The molecule has 0 atom stereocenters. The number of carbonyl (C=O) groups is 1. The van der Waals surface area contributed by atoms with Gasteiger partial charge in [-0.1, -0.05) is 0 Å². The van der Waals surface area contributed by atoms with E-state index in [9.17, 15) is 4.79 Å². The molecular weight excluding hydrogens is 166 g/mol. The van der Waals surface area contributed by atoms with Crippen LogP contribution in [-0.4, -0.2) is 16.9 Å². The number of hydrogen-bond acceptors (Lipinski definition) is 3. The van der Waals surface area contributed by atoms with Crippen LogP contribution in [0.4, 0.5) is 5.69 Å². The van der Waals surface area contributed by atoms with Gasteiger partial charge >= 0.3 is 0 Å². The molecule has 4 heteroatoms. The smallest absolute Gasteiger partial charge is 0.255 e. The fourth-order valence-electron chi connectivity index (χ4n) is 0.935. The molecule has 1 heterocycles. The van der Waals surface area contributed by atoms with Crippen molar-refractivity contribution in [3.63, 3.8) is 0 Å². The average molecular weight is 179 g/mol. The number of anilines is 1. The van der Waals surface area contributed by atoms with Crippen LogP contribution in [-0.2, 0) is 0 Å². The SMILES string of the molecule is CC(C)NC(=O)c1cnccc1N. The van der Waals surface area contributed by atoms with Gasteiger partial charge in [0.2, 0.25) is 0 Å². The Hall–Kier alpha value is -1.58. The lowest BCUT2D eigenvalue weighted by Crippen LogP contribution is -2.30. The van der Waals surface area contributed by atoms with Gasteiger partial charge in [0, 0.05) is 24.1 Å². The summed E-state index contributed by atoms with van der Waals surface area (Å²) in [4.78, 5) is 15.3. The molecule has 0 fully saturated rings. The summed E-state index contributed by atoms with van der Waals surface area (Å²) < 4.78 is 0. The first kappa shape index (κ1) is 9.51. The van der Waals surface area contributed by atoms with Gasteiger partial charge in [0.1, 0.15) is 0 Å². The fourth-order valence-corrected chi connectivity index (χ4v) is 0.935. The first-order chi connectivity index (χ1) is 6.11. The van der Waals surface area contributed by atoms with Gasteiger partial charge in [-0.2, -0.15) is 0 Å². The highest BCUT2D eigenvalue weighted by Gasteiger charge is 2.09. The lowest BCUT2D eigenvalue weighted by molar-refractivity contribution is 0.0943. The molecule has 70 valence electrons. The molecule has 0 spiro atoms. The number of nitrogens with one attached hydrogen (secondary N) is 1. The van der Waals surface area contributed by atoms with Crippen LogP contribution in [0.25, 0.3) is 0 Å². The molecule has 1 rings (SSSR count). The standard InChI is InChI=1S/C9H13N3O/c1-6(2)12-9(13)7-5-11-4-3-8(7)10/h3-6H,1-2H3,(H2,10,11)(H,12,13). The van der Waals surface area contributed by atoms with Crippen LogP contribution < -0.4 is 11.1 Å². The van der Waals surface area contributed by atoms with Crippen molar-refractivity contribution < 1.29 is 4.79 Å². The molecule has 0 saturated heterocycles. The van der Waals surface area contributed by atoms with Crippen molar-refractivity contribution in [1.29, 1.82) is 0 Å². The van der Waals surface area contributed by atoms with Gasteiger partial charge in [0.15, 0.2) is 0 Å². The van der Waals surface area contributed by atoms with E-state index in [2.05, 4.69) is 10.3 Å². The summed E-state index contributed by atoms with van der Waals surface area (Å²) in [6.45, 7) is 3.79. The Labute approximate surface area is 77.2 Å². The van der Waals surface area contributed by atoms with Crippen LogP contribution in [0.1, 0.15) is 24.2 Å². The van der Waals surface area contributed by atoms with E-state index in [1.54, 1.807) is 12.3 Å². The van der Waals surface area contributed by atoms with Crippen molar-refractivity contribution in [1.82, 2.24) is 10.3 Å². The second kappa shape index (κ2) is 3.89. The van der Waals surface area contributed by atoms with Gasteiger partial charge in [0.25, 0.3) is 5.91 Å². The van der Waals surface area contributed by atoms with E-state index in [4.69, 9.17) is 5.73 Å². The molecule has 0 aliphatic carbocycles. The van der Waals surface area contributed by atoms with Crippen molar-refractivity contribution in [2.45, 2.75) is 19.9 Å².